The Kier molecular flexibility index (Phi) is 5.72. The van der Waals surface area contributed by atoms with Gasteiger partial charge in [-0.25, -0.2) is 15.0 Å². The van der Waals surface area contributed by atoms with Gasteiger partial charge in [0, 0.05) is 74.5 Å². The van der Waals surface area contributed by atoms with Gasteiger partial charge < -0.3 is 14.6 Å². The van der Waals surface area contributed by atoms with E-state index in [2.05, 4.69) is 39.0 Å². The second kappa shape index (κ2) is 8.37. The molecule has 0 amide bonds. The van der Waals surface area contributed by atoms with E-state index < -0.39 is 0 Å². The van der Waals surface area contributed by atoms with E-state index in [0.29, 0.717) is 17.8 Å². The highest BCUT2D eigenvalue weighted by Gasteiger charge is 2.62. The lowest BCUT2D eigenvalue weighted by molar-refractivity contribution is -0.120. The van der Waals surface area contributed by atoms with E-state index in [0.717, 1.165) is 44.8 Å². The van der Waals surface area contributed by atoms with E-state index >= 15 is 0 Å². The summed E-state index contributed by atoms with van der Waals surface area (Å²) in [4.78, 5) is 18.2. The molecule has 0 aromatic carbocycles. The molecular weight excluding hydrogens is 414 g/mol. The topological polar surface area (TPSA) is 83.8 Å². The third kappa shape index (κ3) is 3.98. The highest BCUT2D eigenvalue weighted by Crippen LogP contribution is 2.49. The zero-order valence-electron chi connectivity index (χ0n) is 18.4. The predicted octanol–water partition coefficient (Wildman–Crippen LogP) is 1.76. The molecule has 0 unspecified atom stereocenters. The Morgan fingerprint density at radius 1 is 1.23 bits per heavy atom. The normalized spacial score (nSPS) is 30.8. The van der Waals surface area contributed by atoms with E-state index in [1.807, 2.05) is 12.4 Å². The Morgan fingerprint density at radius 3 is 2.61 bits per heavy atom. The van der Waals surface area contributed by atoms with E-state index in [9.17, 15) is 5.11 Å². The molecule has 2 bridgehead atoms. The summed E-state index contributed by atoms with van der Waals surface area (Å²) >= 11 is 1.75. The Labute approximate surface area is 187 Å². The summed E-state index contributed by atoms with van der Waals surface area (Å²) in [6, 6.07) is 0.388. The van der Waals surface area contributed by atoms with Crippen molar-refractivity contribution in [1.29, 1.82) is 0 Å². The second-order valence-corrected chi connectivity index (χ2v) is 10.4. The molecular formula is C22H31N5O3S. The average molecular weight is 446 g/mol. The number of thiazole rings is 1. The maximum absolute atomic E-state index is 10.2. The third-order valence-corrected chi connectivity index (χ3v) is 7.78. The summed E-state index contributed by atoms with van der Waals surface area (Å²) in [5, 5.41) is 13.5. The minimum Gasteiger partial charge on any atom is -0.467 e. The molecule has 5 rings (SSSR count). The molecule has 31 heavy (non-hydrogen) atoms. The van der Waals surface area contributed by atoms with Crippen molar-refractivity contribution in [2.75, 3.05) is 39.9 Å². The summed E-state index contributed by atoms with van der Waals surface area (Å²) in [5.74, 6) is 0.993. The van der Waals surface area contributed by atoms with Gasteiger partial charge >= 0.3 is 6.01 Å². The number of morpholine rings is 1. The molecule has 0 aliphatic carbocycles. The van der Waals surface area contributed by atoms with Gasteiger partial charge in [-0.3, -0.25) is 9.80 Å². The molecule has 3 aliphatic rings. The fourth-order valence-electron chi connectivity index (χ4n) is 5.51. The molecule has 168 valence electrons. The maximum atomic E-state index is 10.2. The van der Waals surface area contributed by atoms with Crippen molar-refractivity contribution in [3.05, 3.63) is 34.0 Å². The van der Waals surface area contributed by atoms with Crippen LogP contribution in [0.4, 0.5) is 0 Å². The molecule has 3 fully saturated rings. The zero-order chi connectivity index (χ0) is 21.6. The van der Waals surface area contributed by atoms with E-state index in [4.69, 9.17) is 14.5 Å². The van der Waals surface area contributed by atoms with Crippen molar-refractivity contribution in [3.8, 4) is 6.01 Å². The summed E-state index contributed by atoms with van der Waals surface area (Å²) in [6.07, 6.45) is 3.74. The van der Waals surface area contributed by atoms with Crippen LogP contribution < -0.4 is 4.74 Å². The van der Waals surface area contributed by atoms with E-state index in [1.165, 1.54) is 10.7 Å². The fraction of sp³-hybridized carbons (Fsp3) is 0.682. The minimum atomic E-state index is -0.220. The Morgan fingerprint density at radius 2 is 1.97 bits per heavy atom. The van der Waals surface area contributed by atoms with E-state index in [1.54, 1.807) is 18.4 Å². The lowest BCUT2D eigenvalue weighted by Crippen LogP contribution is -2.53. The van der Waals surface area contributed by atoms with Crippen molar-refractivity contribution < 1.29 is 14.6 Å². The van der Waals surface area contributed by atoms with Crippen LogP contribution in [0.2, 0.25) is 0 Å². The van der Waals surface area contributed by atoms with Crippen molar-refractivity contribution >= 4 is 11.3 Å². The van der Waals surface area contributed by atoms with Gasteiger partial charge in [0.25, 0.3) is 0 Å². The number of ether oxygens (including phenoxy) is 2. The van der Waals surface area contributed by atoms with Crippen LogP contribution in [-0.2, 0) is 17.8 Å². The number of aromatic nitrogens is 3. The third-order valence-electron chi connectivity index (χ3n) is 6.93. The van der Waals surface area contributed by atoms with Gasteiger partial charge in [-0.15, -0.1) is 11.3 Å². The molecule has 1 N–H and O–H groups in total. The maximum Gasteiger partial charge on any atom is 0.316 e. The minimum absolute atomic E-state index is 0.0810. The number of methoxy groups -OCH3 is 1. The van der Waals surface area contributed by atoms with Crippen LogP contribution in [0.3, 0.4) is 0 Å². The molecule has 4 atom stereocenters. The van der Waals surface area contributed by atoms with Crippen LogP contribution in [-0.4, -0.2) is 81.5 Å². The number of likely N-dealkylation sites (tertiary alicyclic amines) is 2. The number of hydrogen-bond acceptors (Lipinski definition) is 9. The molecule has 3 saturated heterocycles. The average Bonchev–Trinajstić information content (AvgIpc) is 3.39. The van der Waals surface area contributed by atoms with Crippen molar-refractivity contribution in [1.82, 2.24) is 24.8 Å². The molecule has 0 radical (unpaired) electrons. The van der Waals surface area contributed by atoms with Crippen LogP contribution in [0.25, 0.3) is 0 Å². The number of hydrogen-bond donors (Lipinski definition) is 1. The first-order chi connectivity index (χ1) is 15.0. The van der Waals surface area contributed by atoms with Gasteiger partial charge in [0.05, 0.1) is 31.1 Å². The van der Waals surface area contributed by atoms with Crippen molar-refractivity contribution in [2.24, 2.45) is 11.8 Å². The Hall–Kier alpha value is -1.65. The standard InChI is InChI=1S/C22H31N5O3S/c1-14(2)18-11-31-20(25-18)9-27-7-17-16(10-28)19-8-26(12-22(17,13-27)30-19)6-15-4-23-21(29-3)24-5-15/h4-5,11,14,16-17,19,28H,6-10,12-13H2,1-3H3/t16-,17+,19+,22+/m0/s1. The summed E-state index contributed by atoms with van der Waals surface area (Å²) in [5.41, 5.74) is 2.02. The summed E-state index contributed by atoms with van der Waals surface area (Å²) in [6.45, 7) is 9.72. The molecule has 1 spiro atoms. The first kappa shape index (κ1) is 21.2. The van der Waals surface area contributed by atoms with Gasteiger partial charge in [-0.2, -0.15) is 0 Å². The second-order valence-electron chi connectivity index (χ2n) is 9.41. The lowest BCUT2D eigenvalue weighted by atomic mass is 9.83. The number of aliphatic hydroxyl groups is 1. The molecule has 2 aromatic heterocycles. The first-order valence-corrected chi connectivity index (χ1v) is 11.9. The van der Waals surface area contributed by atoms with Crippen LogP contribution in [0.1, 0.15) is 36.0 Å². The van der Waals surface area contributed by atoms with Crippen molar-refractivity contribution in [3.63, 3.8) is 0 Å². The van der Waals surface area contributed by atoms with Crippen LogP contribution in [0.15, 0.2) is 17.8 Å². The smallest absolute Gasteiger partial charge is 0.316 e. The number of nitrogens with zero attached hydrogens (tertiary/aromatic N) is 5. The molecule has 8 nitrogen and oxygen atoms in total. The van der Waals surface area contributed by atoms with Crippen LogP contribution >= 0.6 is 11.3 Å². The molecule has 5 heterocycles. The van der Waals surface area contributed by atoms with Gasteiger partial charge in [-0.05, 0) is 5.92 Å². The summed E-state index contributed by atoms with van der Waals surface area (Å²) < 4.78 is 11.7. The SMILES string of the molecule is COc1ncc(CN2C[C@H]3O[C@@]4(CN(Cc5nc(C(C)C)cs5)C[C@@H]4[C@@H]3CO)C2)cn1. The summed E-state index contributed by atoms with van der Waals surface area (Å²) in [7, 11) is 1.57. The quantitative estimate of drug-likeness (QED) is 0.690. The predicted molar refractivity (Wildman–Crippen MR) is 117 cm³/mol. The van der Waals surface area contributed by atoms with Gasteiger partial charge in [0.15, 0.2) is 0 Å². The van der Waals surface area contributed by atoms with Gasteiger partial charge in [-0.1, -0.05) is 13.8 Å². The van der Waals surface area contributed by atoms with Gasteiger partial charge in [0.1, 0.15) is 5.01 Å². The van der Waals surface area contributed by atoms with Crippen LogP contribution in [0, 0.1) is 11.8 Å². The monoisotopic (exact) mass is 445 g/mol. The fourth-order valence-corrected chi connectivity index (χ4v) is 6.50. The molecule has 3 aliphatic heterocycles. The number of rotatable bonds is 7. The number of fused-ring (bicyclic) bond motifs is 1. The van der Waals surface area contributed by atoms with Crippen molar-refractivity contribution in [2.45, 2.75) is 44.6 Å². The zero-order valence-corrected chi connectivity index (χ0v) is 19.2. The first-order valence-electron chi connectivity index (χ1n) is 11.0. The molecule has 9 heteroatoms. The van der Waals surface area contributed by atoms with E-state index in [-0.39, 0.29) is 24.2 Å². The largest absolute Gasteiger partial charge is 0.467 e. The Bertz CT molecular complexity index is 907. The van der Waals surface area contributed by atoms with Crippen LogP contribution in [0.5, 0.6) is 6.01 Å². The highest BCUT2D eigenvalue weighted by molar-refractivity contribution is 7.09. The van der Waals surface area contributed by atoms with Gasteiger partial charge in [0.2, 0.25) is 0 Å². The highest BCUT2D eigenvalue weighted by atomic mass is 32.1. The lowest BCUT2D eigenvalue weighted by Gasteiger charge is -2.40. The number of aliphatic hydroxyl groups excluding tert-OH is 1. The molecule has 2 aromatic rings. The molecule has 0 saturated carbocycles. The Balaban J connectivity index is 1.30.